The first kappa shape index (κ1) is 34.8. The maximum Gasteiger partial charge on any atom is 0.330 e. The minimum Gasteiger partial charge on any atom is -0.474 e. The van der Waals surface area contributed by atoms with E-state index in [0.29, 0.717) is 60.9 Å². The molecule has 0 aliphatic carbocycles. The van der Waals surface area contributed by atoms with Crippen molar-refractivity contribution in [2.45, 2.75) is 51.8 Å². The molecule has 2 aromatic carbocycles. The van der Waals surface area contributed by atoms with Gasteiger partial charge in [0.2, 0.25) is 11.8 Å². The maximum absolute atomic E-state index is 14.3. The van der Waals surface area contributed by atoms with Gasteiger partial charge in [0.05, 0.1) is 55.2 Å². The van der Waals surface area contributed by atoms with E-state index >= 15 is 0 Å². The van der Waals surface area contributed by atoms with Gasteiger partial charge in [-0.1, -0.05) is 18.2 Å². The van der Waals surface area contributed by atoms with Crippen LogP contribution in [0.4, 0.5) is 15.8 Å². The summed E-state index contributed by atoms with van der Waals surface area (Å²) in [6.45, 7) is 4.96. The van der Waals surface area contributed by atoms with Crippen molar-refractivity contribution in [2.75, 3.05) is 37.4 Å². The molecule has 2 N–H and O–H groups in total. The number of esters is 1. The number of halogens is 1. The van der Waals surface area contributed by atoms with Crippen molar-refractivity contribution in [1.82, 2.24) is 19.4 Å². The molecular weight excluding hydrogens is 625 g/mol. The predicted molar refractivity (Wildman–Crippen MR) is 184 cm³/mol. The number of nitrogens with zero attached hydrogens (tertiary/aromatic N) is 5. The Labute approximate surface area is 285 Å². The van der Waals surface area contributed by atoms with Crippen LogP contribution in [0.15, 0.2) is 73.2 Å². The van der Waals surface area contributed by atoms with E-state index in [1.54, 1.807) is 30.7 Å². The molecule has 0 saturated carbocycles. The van der Waals surface area contributed by atoms with Gasteiger partial charge in [0.15, 0.2) is 0 Å². The van der Waals surface area contributed by atoms with Crippen LogP contribution in [0.5, 0.6) is 5.88 Å². The first-order valence-corrected chi connectivity index (χ1v) is 16.3. The minimum atomic E-state index is -0.452. The number of rotatable bonds is 14. The van der Waals surface area contributed by atoms with E-state index < -0.39 is 5.97 Å². The van der Waals surface area contributed by atoms with Crippen LogP contribution in [0.2, 0.25) is 0 Å². The fraction of sp³-hybridized carbons (Fsp3) is 0.324. The van der Waals surface area contributed by atoms with E-state index in [0.717, 1.165) is 36.3 Å². The lowest BCUT2D eigenvalue weighted by Crippen LogP contribution is -2.42. The number of carbonyl (C=O) groups is 2. The predicted octanol–water partition coefficient (Wildman–Crippen LogP) is 5.37. The van der Waals surface area contributed by atoms with Crippen LogP contribution < -0.4 is 15.4 Å². The summed E-state index contributed by atoms with van der Waals surface area (Å²) in [7, 11) is 1.33. The number of hydrogen-bond acceptors (Lipinski definition) is 9. The highest BCUT2D eigenvalue weighted by Gasteiger charge is 2.23. The Morgan fingerprint density at radius 2 is 1.94 bits per heavy atom. The van der Waals surface area contributed by atoms with Crippen molar-refractivity contribution in [3.8, 4) is 11.9 Å². The minimum absolute atomic E-state index is 0.0315. The van der Waals surface area contributed by atoms with Crippen LogP contribution in [0.25, 0.3) is 6.08 Å². The SMILES string of the molecule is CCn1cncc1CNc1cc(/C=C/C(=O)OC)ccc1NC(=O)CN1CCC(Oc2cccc(CCc3ccc(C#N)cc3F)n2)CC1. The number of carbonyl (C=O) groups excluding carboxylic acids is 2. The molecular formula is C37H40FN7O4. The van der Waals surface area contributed by atoms with E-state index in [2.05, 4.69) is 25.5 Å². The quantitative estimate of drug-likeness (QED) is 0.135. The van der Waals surface area contributed by atoms with E-state index in [9.17, 15) is 14.0 Å². The first-order valence-electron chi connectivity index (χ1n) is 16.3. The summed E-state index contributed by atoms with van der Waals surface area (Å²) in [5, 5.41) is 15.4. The number of likely N-dealkylation sites (tertiary alicyclic amines) is 1. The van der Waals surface area contributed by atoms with Crippen LogP contribution in [0, 0.1) is 17.1 Å². The highest BCUT2D eigenvalue weighted by atomic mass is 19.1. The Bertz CT molecular complexity index is 1830. The Hall–Kier alpha value is -5.54. The summed E-state index contributed by atoms with van der Waals surface area (Å²) in [6.07, 6.45) is 9.06. The molecule has 5 rings (SSSR count). The molecule has 0 radical (unpaired) electrons. The third-order valence-electron chi connectivity index (χ3n) is 8.33. The van der Waals surface area contributed by atoms with E-state index in [-0.39, 0.29) is 24.4 Å². The Balaban J connectivity index is 1.13. The number of aryl methyl sites for hydroxylation is 3. The van der Waals surface area contributed by atoms with Crippen molar-refractivity contribution < 1.29 is 23.5 Å². The molecule has 11 nitrogen and oxygen atoms in total. The van der Waals surface area contributed by atoms with E-state index in [1.165, 1.54) is 19.3 Å². The molecule has 3 heterocycles. The van der Waals surface area contributed by atoms with Crippen molar-refractivity contribution in [2.24, 2.45) is 0 Å². The van der Waals surface area contributed by atoms with Crippen molar-refractivity contribution >= 4 is 29.3 Å². The van der Waals surface area contributed by atoms with Gasteiger partial charge < -0.3 is 24.7 Å². The van der Waals surface area contributed by atoms with Crippen LogP contribution in [-0.4, -0.2) is 64.2 Å². The number of pyridine rings is 1. The molecule has 0 atom stereocenters. The number of methoxy groups -OCH3 is 1. The summed E-state index contributed by atoms with van der Waals surface area (Å²) in [5.41, 5.74) is 4.77. The lowest BCUT2D eigenvalue weighted by molar-refractivity contribution is -0.134. The molecule has 0 spiro atoms. The number of ether oxygens (including phenoxy) is 2. The molecule has 0 bridgehead atoms. The van der Waals surface area contributed by atoms with Gasteiger partial charge in [-0.2, -0.15) is 5.26 Å². The van der Waals surface area contributed by atoms with Gasteiger partial charge in [0.1, 0.15) is 11.9 Å². The average molecular weight is 666 g/mol. The highest BCUT2D eigenvalue weighted by molar-refractivity contribution is 5.96. The third-order valence-corrected chi connectivity index (χ3v) is 8.33. The summed E-state index contributed by atoms with van der Waals surface area (Å²) in [5.74, 6) is -0.442. The fourth-order valence-electron chi connectivity index (χ4n) is 5.61. The number of aromatic nitrogens is 3. The molecule has 1 saturated heterocycles. The van der Waals surface area contributed by atoms with Crippen LogP contribution >= 0.6 is 0 Å². The summed E-state index contributed by atoms with van der Waals surface area (Å²) in [4.78, 5) is 35.8. The molecule has 4 aromatic rings. The Morgan fingerprint density at radius 1 is 1.10 bits per heavy atom. The number of amides is 1. The number of anilines is 2. The normalized spacial score (nSPS) is 13.6. The van der Waals surface area contributed by atoms with Gasteiger partial charge in [-0.05, 0) is 80.1 Å². The van der Waals surface area contributed by atoms with Crippen molar-refractivity contribution in [3.05, 3.63) is 107 Å². The van der Waals surface area contributed by atoms with Gasteiger partial charge in [-0.25, -0.2) is 19.2 Å². The second-order valence-corrected chi connectivity index (χ2v) is 11.7. The molecule has 1 fully saturated rings. The number of benzene rings is 2. The first-order chi connectivity index (χ1) is 23.8. The average Bonchev–Trinajstić information content (AvgIpc) is 3.58. The Kier molecular flexibility index (Phi) is 12.1. The second kappa shape index (κ2) is 17.0. The zero-order valence-electron chi connectivity index (χ0n) is 27.7. The summed E-state index contributed by atoms with van der Waals surface area (Å²) >= 11 is 0. The zero-order chi connectivity index (χ0) is 34.6. The Morgan fingerprint density at radius 3 is 2.69 bits per heavy atom. The molecule has 254 valence electrons. The monoisotopic (exact) mass is 665 g/mol. The summed E-state index contributed by atoms with van der Waals surface area (Å²) < 4.78 is 27.2. The molecule has 49 heavy (non-hydrogen) atoms. The van der Waals surface area contributed by atoms with Gasteiger partial charge in [-0.15, -0.1) is 0 Å². The molecule has 0 unspecified atom stereocenters. The lowest BCUT2D eigenvalue weighted by atomic mass is 10.1. The van der Waals surface area contributed by atoms with Crippen LogP contribution in [0.1, 0.15) is 47.8 Å². The highest BCUT2D eigenvalue weighted by Crippen LogP contribution is 2.26. The molecule has 2 aromatic heterocycles. The van der Waals surface area contributed by atoms with Crippen LogP contribution in [0.3, 0.4) is 0 Å². The topological polar surface area (TPSA) is 134 Å². The maximum atomic E-state index is 14.3. The van der Waals surface area contributed by atoms with E-state index in [1.807, 2.05) is 54.0 Å². The number of imidazole rings is 1. The lowest BCUT2D eigenvalue weighted by Gasteiger charge is -2.31. The molecule has 1 aliphatic rings. The van der Waals surface area contributed by atoms with Gasteiger partial charge in [0.25, 0.3) is 0 Å². The van der Waals surface area contributed by atoms with Gasteiger partial charge in [-0.3, -0.25) is 9.69 Å². The number of piperidine rings is 1. The number of nitrogens with one attached hydrogen (secondary N) is 2. The second-order valence-electron chi connectivity index (χ2n) is 11.7. The fourth-order valence-corrected chi connectivity index (χ4v) is 5.61. The summed E-state index contributed by atoms with van der Waals surface area (Å²) in [6, 6.07) is 17.6. The molecule has 1 aliphatic heterocycles. The van der Waals surface area contributed by atoms with Gasteiger partial charge in [0, 0.05) is 43.7 Å². The molecule has 1 amide bonds. The standard InChI is InChI=1S/C37H40FN7O4/c1-3-45-25-40-22-30(45)23-41-34-20-26(9-14-37(47)48-2)8-13-33(34)43-35(46)24-44-17-15-31(16-18-44)49-36-6-4-5-29(42-36)12-11-28-10-7-27(21-39)19-32(28)38/h4-10,13-14,19-20,22,25,31,41H,3,11-12,15-18,23-24H2,1-2H3,(H,43,46)/b14-9+. The smallest absolute Gasteiger partial charge is 0.330 e. The largest absolute Gasteiger partial charge is 0.474 e. The van der Waals surface area contributed by atoms with Crippen molar-refractivity contribution in [3.63, 3.8) is 0 Å². The van der Waals surface area contributed by atoms with Crippen LogP contribution in [-0.2, 0) is 40.3 Å². The van der Waals surface area contributed by atoms with Crippen molar-refractivity contribution in [1.29, 1.82) is 5.26 Å². The number of hydrogen-bond donors (Lipinski definition) is 2. The zero-order valence-corrected chi connectivity index (χ0v) is 27.7. The molecule has 12 heteroatoms. The van der Waals surface area contributed by atoms with E-state index in [4.69, 9.17) is 14.7 Å². The van der Waals surface area contributed by atoms with Gasteiger partial charge >= 0.3 is 5.97 Å². The number of nitriles is 1. The third kappa shape index (κ3) is 9.98.